The zero-order valence-corrected chi connectivity index (χ0v) is 7.39. The number of hydrogen-bond acceptors (Lipinski definition) is 2. The van der Waals surface area contributed by atoms with Gasteiger partial charge >= 0.3 is 0 Å². The van der Waals surface area contributed by atoms with E-state index >= 15 is 0 Å². The van der Waals surface area contributed by atoms with Crippen LogP contribution in [0.15, 0.2) is 35.6 Å². The van der Waals surface area contributed by atoms with Crippen molar-refractivity contribution in [1.82, 2.24) is 5.01 Å². The molecule has 1 aliphatic heterocycles. The van der Waals surface area contributed by atoms with Gasteiger partial charge in [0.1, 0.15) is 0 Å². The molecule has 0 bridgehead atoms. The van der Waals surface area contributed by atoms with Crippen molar-refractivity contribution in [2.45, 2.75) is 18.9 Å². The van der Waals surface area contributed by atoms with Crippen LogP contribution in [0.2, 0.25) is 0 Å². The number of nitroso groups, excluding NO2 is 1. The second kappa shape index (κ2) is 3.56. The van der Waals surface area contributed by atoms with Gasteiger partial charge in [-0.3, -0.25) is 5.01 Å². The molecule has 1 aromatic carbocycles. The van der Waals surface area contributed by atoms with Crippen LogP contribution < -0.4 is 0 Å². The summed E-state index contributed by atoms with van der Waals surface area (Å²) in [5.41, 5.74) is 1.19. The van der Waals surface area contributed by atoms with Gasteiger partial charge in [-0.25, -0.2) is 0 Å². The Morgan fingerprint density at radius 1 is 1.31 bits per heavy atom. The van der Waals surface area contributed by atoms with Crippen LogP contribution in [-0.2, 0) is 0 Å². The van der Waals surface area contributed by atoms with Gasteiger partial charge in [0.15, 0.2) is 0 Å². The van der Waals surface area contributed by atoms with Crippen molar-refractivity contribution < 1.29 is 0 Å². The fourth-order valence-corrected chi connectivity index (χ4v) is 1.86. The highest BCUT2D eigenvalue weighted by Crippen LogP contribution is 2.31. The molecule has 0 saturated carbocycles. The standard InChI is InChI=1S/C10H12N2O/c13-11-12-8-4-7-10(12)9-5-2-1-3-6-9/h1-3,5-6,10H,4,7-8H2/t10-/m1/s1. The maximum Gasteiger partial charge on any atom is 0.0752 e. The van der Waals surface area contributed by atoms with E-state index < -0.39 is 0 Å². The second-order valence-corrected chi connectivity index (χ2v) is 3.31. The van der Waals surface area contributed by atoms with Gasteiger partial charge in [0.05, 0.1) is 11.3 Å². The highest BCUT2D eigenvalue weighted by molar-refractivity contribution is 5.19. The monoisotopic (exact) mass is 176 g/mol. The smallest absolute Gasteiger partial charge is 0.0752 e. The summed E-state index contributed by atoms with van der Waals surface area (Å²) >= 11 is 0. The van der Waals surface area contributed by atoms with E-state index in [1.165, 1.54) is 5.56 Å². The van der Waals surface area contributed by atoms with Crippen LogP contribution in [0, 0.1) is 4.91 Å². The summed E-state index contributed by atoms with van der Waals surface area (Å²) in [6.07, 6.45) is 2.10. The van der Waals surface area contributed by atoms with Crippen molar-refractivity contribution in [3.8, 4) is 0 Å². The SMILES string of the molecule is O=NN1CCC[C@@H]1c1ccccc1. The Kier molecular flexibility index (Phi) is 2.25. The van der Waals surface area contributed by atoms with Gasteiger partial charge in [0, 0.05) is 6.54 Å². The van der Waals surface area contributed by atoms with Crippen LogP contribution in [-0.4, -0.2) is 11.6 Å². The molecular formula is C10H12N2O. The van der Waals surface area contributed by atoms with Crippen LogP contribution in [0.25, 0.3) is 0 Å². The van der Waals surface area contributed by atoms with Gasteiger partial charge in [-0.15, -0.1) is 4.91 Å². The molecular weight excluding hydrogens is 164 g/mol. The molecule has 0 aliphatic carbocycles. The Balaban J connectivity index is 2.21. The lowest BCUT2D eigenvalue weighted by molar-refractivity contribution is 0.267. The first-order valence-electron chi connectivity index (χ1n) is 4.56. The van der Waals surface area contributed by atoms with Crippen LogP contribution in [0.1, 0.15) is 24.4 Å². The first-order chi connectivity index (χ1) is 6.42. The maximum absolute atomic E-state index is 10.5. The Morgan fingerprint density at radius 2 is 2.08 bits per heavy atom. The molecule has 0 unspecified atom stereocenters. The van der Waals surface area contributed by atoms with E-state index in [9.17, 15) is 4.91 Å². The summed E-state index contributed by atoms with van der Waals surface area (Å²) in [4.78, 5) is 10.5. The van der Waals surface area contributed by atoms with Crippen molar-refractivity contribution in [3.05, 3.63) is 40.8 Å². The van der Waals surface area contributed by atoms with Crippen LogP contribution in [0.4, 0.5) is 0 Å². The second-order valence-electron chi connectivity index (χ2n) is 3.31. The van der Waals surface area contributed by atoms with Crippen LogP contribution >= 0.6 is 0 Å². The van der Waals surface area contributed by atoms with E-state index in [1.54, 1.807) is 5.01 Å². The lowest BCUT2D eigenvalue weighted by atomic mass is 10.1. The average Bonchev–Trinajstić information content (AvgIpc) is 2.67. The molecule has 0 radical (unpaired) electrons. The normalized spacial score (nSPS) is 21.8. The molecule has 3 nitrogen and oxygen atoms in total. The Hall–Kier alpha value is -1.38. The van der Waals surface area contributed by atoms with Crippen LogP contribution in [0.5, 0.6) is 0 Å². The minimum Gasteiger partial charge on any atom is -0.253 e. The molecule has 68 valence electrons. The number of hydrogen-bond donors (Lipinski definition) is 0. The van der Waals surface area contributed by atoms with E-state index in [0.717, 1.165) is 19.4 Å². The summed E-state index contributed by atoms with van der Waals surface area (Å²) in [7, 11) is 0. The molecule has 1 saturated heterocycles. The zero-order chi connectivity index (χ0) is 9.10. The summed E-state index contributed by atoms with van der Waals surface area (Å²) in [5, 5.41) is 4.66. The number of nitrogens with zero attached hydrogens (tertiary/aromatic N) is 2. The third-order valence-corrected chi connectivity index (χ3v) is 2.51. The van der Waals surface area contributed by atoms with Gasteiger partial charge in [-0.2, -0.15) is 0 Å². The molecule has 1 atom stereocenters. The molecule has 1 aromatic rings. The molecule has 0 aromatic heterocycles. The lowest BCUT2D eigenvalue weighted by Gasteiger charge is -2.17. The minimum absolute atomic E-state index is 0.207. The molecule has 1 fully saturated rings. The highest BCUT2D eigenvalue weighted by Gasteiger charge is 2.25. The summed E-state index contributed by atoms with van der Waals surface area (Å²) in [5.74, 6) is 0. The molecule has 0 N–H and O–H groups in total. The van der Waals surface area contributed by atoms with Gasteiger partial charge in [0.25, 0.3) is 0 Å². The largest absolute Gasteiger partial charge is 0.253 e. The predicted molar refractivity (Wildman–Crippen MR) is 50.9 cm³/mol. The quantitative estimate of drug-likeness (QED) is 0.648. The lowest BCUT2D eigenvalue weighted by Crippen LogP contribution is -2.15. The first kappa shape index (κ1) is 8.23. The third kappa shape index (κ3) is 1.54. The van der Waals surface area contributed by atoms with E-state index in [-0.39, 0.29) is 6.04 Å². The molecule has 2 rings (SSSR count). The van der Waals surface area contributed by atoms with Crippen molar-refractivity contribution >= 4 is 0 Å². The molecule has 1 heterocycles. The number of rotatable bonds is 2. The Morgan fingerprint density at radius 3 is 2.77 bits per heavy atom. The van der Waals surface area contributed by atoms with E-state index in [0.29, 0.717) is 0 Å². The third-order valence-electron chi connectivity index (χ3n) is 2.51. The zero-order valence-electron chi connectivity index (χ0n) is 7.39. The summed E-state index contributed by atoms with van der Waals surface area (Å²) in [6.45, 7) is 0.795. The van der Waals surface area contributed by atoms with Crippen molar-refractivity contribution in [3.63, 3.8) is 0 Å². The first-order valence-corrected chi connectivity index (χ1v) is 4.56. The topological polar surface area (TPSA) is 32.7 Å². The van der Waals surface area contributed by atoms with E-state index in [1.807, 2.05) is 30.3 Å². The highest BCUT2D eigenvalue weighted by atomic mass is 16.3. The van der Waals surface area contributed by atoms with Crippen molar-refractivity contribution in [2.75, 3.05) is 6.54 Å². The van der Waals surface area contributed by atoms with Crippen molar-refractivity contribution in [1.29, 1.82) is 0 Å². The molecule has 3 heteroatoms. The van der Waals surface area contributed by atoms with Gasteiger partial charge < -0.3 is 0 Å². The van der Waals surface area contributed by atoms with E-state index in [4.69, 9.17) is 0 Å². The minimum atomic E-state index is 0.207. The van der Waals surface area contributed by atoms with Gasteiger partial charge in [-0.05, 0) is 18.4 Å². The maximum atomic E-state index is 10.5. The Bertz CT molecular complexity index is 286. The van der Waals surface area contributed by atoms with Gasteiger partial charge in [0.2, 0.25) is 0 Å². The van der Waals surface area contributed by atoms with Gasteiger partial charge in [-0.1, -0.05) is 30.3 Å². The average molecular weight is 176 g/mol. The fourth-order valence-electron chi connectivity index (χ4n) is 1.86. The van der Waals surface area contributed by atoms with E-state index in [2.05, 4.69) is 5.29 Å². The molecule has 0 amide bonds. The predicted octanol–water partition coefficient (Wildman–Crippen LogP) is 2.50. The summed E-state index contributed by atoms with van der Waals surface area (Å²) < 4.78 is 0. The van der Waals surface area contributed by atoms with Crippen LogP contribution in [0.3, 0.4) is 0 Å². The Labute approximate surface area is 77.3 Å². The molecule has 1 aliphatic rings. The molecule has 13 heavy (non-hydrogen) atoms. The fraction of sp³-hybridized carbons (Fsp3) is 0.400. The summed E-state index contributed by atoms with van der Waals surface area (Å²) in [6, 6.07) is 10.3. The number of benzene rings is 1. The van der Waals surface area contributed by atoms with Crippen molar-refractivity contribution in [2.24, 2.45) is 5.29 Å². The molecule has 0 spiro atoms.